The fourth-order valence-corrected chi connectivity index (χ4v) is 14.7. The molecule has 5 amide bonds. The van der Waals surface area contributed by atoms with Crippen LogP contribution in [0.3, 0.4) is 0 Å². The molecule has 13 N–H and O–H groups in total. The number of carboxylic acids is 2. The number of aromatic nitrogens is 2. The third-order valence-electron chi connectivity index (χ3n) is 17.3. The van der Waals surface area contributed by atoms with Crippen LogP contribution in [0, 0.1) is 27.1 Å². The predicted octanol–water partition coefficient (Wildman–Crippen LogP) is 11.7. The second-order valence-electron chi connectivity index (χ2n) is 29.8. The zero-order valence-electron chi connectivity index (χ0n) is 74.9. The quantitative estimate of drug-likeness (QED) is 0.00738. The second kappa shape index (κ2) is 75.2. The fraction of sp³-hybridized carbons (Fsp3) is 0.688. The maximum atomic E-state index is 12.4. The topological polar surface area (TPSA) is 643 Å². The molecule has 4 aliphatic heterocycles. The molecule has 5 heterocycles. The number of H-pyrrole nitrogens is 1. The first-order chi connectivity index (χ1) is 60.7. The maximum Gasteiger partial charge on any atom is 0.697 e. The number of allylic oxidation sites excluding steroid dienone is 1. The Bertz CT molecular complexity index is 4100. The average molecular weight is 2150 g/mol. The second-order valence-corrected chi connectivity index (χ2v) is 37.6. The lowest BCUT2D eigenvalue weighted by atomic mass is 9.90. The lowest BCUT2D eigenvalue weighted by Crippen LogP contribution is -2.44. The van der Waals surface area contributed by atoms with Crippen molar-refractivity contribution in [3.63, 3.8) is 0 Å². The Hall–Kier alpha value is -6.76. The molecule has 11 atom stereocenters. The van der Waals surface area contributed by atoms with Gasteiger partial charge in [0.25, 0.3) is 5.56 Å². The smallest absolute Gasteiger partial charge is 0.566 e. The van der Waals surface area contributed by atoms with Gasteiger partial charge in [0.15, 0.2) is 33.6 Å². The lowest BCUT2D eigenvalue weighted by Gasteiger charge is -2.28. The van der Waals surface area contributed by atoms with Crippen LogP contribution in [0.15, 0.2) is 58.4 Å². The number of nitrogens with zero attached hydrogens (tertiary/aromatic N) is 2. The summed E-state index contributed by atoms with van der Waals surface area (Å²) in [6.07, 6.45) is -2.37. The van der Waals surface area contributed by atoms with Crippen LogP contribution in [0.5, 0.6) is 5.75 Å². The minimum absolute atomic E-state index is 0. The first kappa shape index (κ1) is 141. The number of alkyl halides is 2. The number of hydrogen-bond donors (Lipinski definition) is 12. The number of aliphatic hydroxyl groups is 4. The standard InChI is InChI=1S/C21H30ClN2O10PS.C11H20NO6PS.C11H21NO4S.C9H11ClN2O5.C8H15NO4.C7H4ClO3P.C6H13NO2.C3H5ClO2.4CH4.ClH/c1-4-31-20(29)23-7-6-21(2,3)19(28)36-10-9-32-35(30)33-12-14-17(27)16(22)18(34-14)24-8-5-13(25)11-15(24)26;1-4-17-10(14)12-6-5-11(2,3)9(13)20-8-7-18-19(15)16;1-4-16-10(15)12-6-5-11(2,3)9(14)17-8-7-13;10-6-7(15)4(3-13)17-8(6)12-2-1-5(14)11-9(12)16;1-8(2,6(10)11)4-5-9-7(12)13-3;8-12-10-6-4-2-1-3-5(6)7(9)11-12;1-6(2,3-4-7)5(8)9;1-2-6-3(4)5;;;;;/h5,8,14,16-18,27H,4,6-7,9-12H2,1-3H3;4-8H2,1-3H3,(H,12,14);13H,4-8H2,1-3H3,(H,12,15);1-2,4,6-8,13,15H,3H2,(H,11,14,16);4-5H2,1-3H3,(H,9,12)(H,10,11);1-4H;3-4,7H2,1-2H3,(H,8,9);2H2,1H3;4*1H4;1H/p+1/t14-,16-,17-,18-;;;4-,6-,7-,8-;;;;;;;;;/m1..1........./s1. The number of carboxylic acid groups (broad SMARTS) is 2. The molecule has 6 rings (SSSR count). The normalized spacial score (nSPS) is 17.9. The molecule has 44 nitrogen and oxygen atoms in total. The molecular weight excluding hydrogens is 2020 g/mol. The molecule has 135 heavy (non-hydrogen) atoms. The highest BCUT2D eigenvalue weighted by molar-refractivity contribution is 8.14. The molecule has 0 saturated carbocycles. The number of aliphatic carboxylic acids is 2. The largest absolute Gasteiger partial charge is 0.697 e. The van der Waals surface area contributed by atoms with Crippen LogP contribution >= 0.6 is 118 Å². The Morgan fingerprint density at radius 2 is 1.01 bits per heavy atom. The highest BCUT2D eigenvalue weighted by Gasteiger charge is 2.49. The van der Waals surface area contributed by atoms with E-state index < -0.39 is 170 Å². The average Bonchev–Trinajstić information content (AvgIpc) is 1.67. The summed E-state index contributed by atoms with van der Waals surface area (Å²) in [4.78, 5) is 181. The van der Waals surface area contributed by atoms with Crippen LogP contribution in [0.2, 0.25) is 0 Å². The van der Waals surface area contributed by atoms with E-state index in [1.54, 1.807) is 107 Å². The zero-order valence-corrected chi connectivity index (χ0v) is 83.9. The van der Waals surface area contributed by atoms with E-state index in [0.29, 0.717) is 95.2 Å². The van der Waals surface area contributed by atoms with Gasteiger partial charge in [0.1, 0.15) is 66.3 Å². The molecule has 2 aromatic rings. The molecule has 0 radical (unpaired) electrons. The van der Waals surface area contributed by atoms with E-state index in [0.717, 1.165) is 50.8 Å². The van der Waals surface area contributed by atoms with Gasteiger partial charge in [-0.1, -0.05) is 119 Å². The molecule has 0 bridgehead atoms. The van der Waals surface area contributed by atoms with E-state index in [2.05, 4.69) is 44.8 Å². The van der Waals surface area contributed by atoms with Crippen molar-refractivity contribution in [2.24, 2.45) is 32.8 Å². The van der Waals surface area contributed by atoms with Gasteiger partial charge in [-0.25, -0.2) is 33.6 Å². The molecule has 1 aromatic carbocycles. The van der Waals surface area contributed by atoms with Gasteiger partial charge in [-0.05, 0) is 128 Å². The molecule has 2 fully saturated rings. The predicted molar refractivity (Wildman–Crippen MR) is 515 cm³/mol. The van der Waals surface area contributed by atoms with Crippen LogP contribution in [-0.4, -0.2) is 278 Å². The molecule has 0 aliphatic carbocycles. The summed E-state index contributed by atoms with van der Waals surface area (Å²) >= 11 is 25.5. The van der Waals surface area contributed by atoms with Crippen molar-refractivity contribution < 1.29 is 163 Å². The number of nitrogens with one attached hydrogen (secondary N) is 5. The van der Waals surface area contributed by atoms with Crippen molar-refractivity contribution in [1.82, 2.24) is 35.7 Å². The van der Waals surface area contributed by atoms with Crippen LogP contribution in [0.1, 0.15) is 182 Å². The van der Waals surface area contributed by atoms with E-state index in [-0.39, 0.29) is 121 Å². The number of para-hydroxylation sites is 1. The summed E-state index contributed by atoms with van der Waals surface area (Å²) in [5.41, 5.74) is 0.349. The van der Waals surface area contributed by atoms with Gasteiger partial charge in [0.2, 0.25) is 5.91 Å². The van der Waals surface area contributed by atoms with Crippen molar-refractivity contribution in [2.45, 2.75) is 213 Å². The third-order valence-corrected chi connectivity index (χ3v) is 24.1. The van der Waals surface area contributed by atoms with Gasteiger partial charge in [0.05, 0.1) is 64.0 Å². The third kappa shape index (κ3) is 59.4. The summed E-state index contributed by atoms with van der Waals surface area (Å²) in [6, 6.07) is 7.99. The maximum absolute atomic E-state index is 12.4. The number of nitrogens with two attached hydrogens (primary N) is 1. The molecule has 55 heteroatoms. The van der Waals surface area contributed by atoms with E-state index in [4.69, 9.17) is 109 Å². The number of alkyl carbamates (subject to hydrolysis) is 4. The van der Waals surface area contributed by atoms with E-state index in [9.17, 15) is 96.2 Å². The Morgan fingerprint density at radius 3 is 1.40 bits per heavy atom. The summed E-state index contributed by atoms with van der Waals surface area (Å²) < 4.78 is 81.1. The molecule has 780 valence electrons. The number of benzene rings is 1. The van der Waals surface area contributed by atoms with Crippen molar-refractivity contribution in [1.29, 1.82) is 0 Å². The van der Waals surface area contributed by atoms with Gasteiger partial charge < -0.3 is 105 Å². The van der Waals surface area contributed by atoms with E-state index in [1.807, 2.05) is 13.8 Å². The van der Waals surface area contributed by atoms with Gasteiger partial charge >= 0.3 is 77.6 Å². The van der Waals surface area contributed by atoms with Crippen molar-refractivity contribution >= 4 is 193 Å². The van der Waals surface area contributed by atoms with Crippen LogP contribution < -0.4 is 47.7 Å². The fourth-order valence-electron chi connectivity index (χ4n) is 9.38. The number of carbonyl (C=O) groups is 13. The summed E-state index contributed by atoms with van der Waals surface area (Å²) in [6.45, 7) is 26.3. The van der Waals surface area contributed by atoms with Crippen molar-refractivity contribution in [3.05, 3.63) is 75.2 Å². The highest BCUT2D eigenvalue weighted by atomic mass is 35.7. The molecule has 3 unspecified atom stereocenters. The Labute approximate surface area is 829 Å². The van der Waals surface area contributed by atoms with Crippen LogP contribution in [0.25, 0.3) is 0 Å². The Balaban J connectivity index is -0.000000290. The highest BCUT2D eigenvalue weighted by Crippen LogP contribution is 2.50. The molecule has 1 aromatic heterocycles. The summed E-state index contributed by atoms with van der Waals surface area (Å²) in [5.74, 6) is -1.52. The minimum atomic E-state index is -2.87. The first-order valence-corrected chi connectivity index (χ1v) is 48.2. The number of aliphatic hydroxyl groups excluding tert-OH is 4. The number of rotatable bonds is 39. The summed E-state index contributed by atoms with van der Waals surface area (Å²) in [5, 5.41) is 62.8. The number of ether oxygens (including phenoxy) is 7. The molecular formula is C80H137Cl5N8O36P3S3+. The number of carbonyl (C=O) groups excluding carboxylic acids is 11. The summed E-state index contributed by atoms with van der Waals surface area (Å²) in [7, 11) is -5.76. The van der Waals surface area contributed by atoms with Gasteiger partial charge in [-0.3, -0.25) is 52.8 Å². The van der Waals surface area contributed by atoms with Gasteiger partial charge in [0, 0.05) is 94.3 Å². The molecule has 2 saturated heterocycles. The number of methoxy groups -OCH3 is 1. The first-order valence-electron chi connectivity index (χ1n) is 39.7. The van der Waals surface area contributed by atoms with E-state index in [1.165, 1.54) is 25.6 Å². The van der Waals surface area contributed by atoms with Crippen molar-refractivity contribution in [2.75, 3.05) is 117 Å². The number of aromatic amines is 1. The molecule has 4 aliphatic rings. The van der Waals surface area contributed by atoms with Gasteiger partial charge in [-0.15, -0.1) is 49.2 Å². The van der Waals surface area contributed by atoms with Crippen LogP contribution in [-0.2, 0) is 93.9 Å². The monoisotopic (exact) mass is 2150 g/mol. The number of hydrogen-bond acceptors (Lipinski definition) is 38. The zero-order chi connectivity index (χ0) is 99.9. The SMILES string of the molecule is C.C.C.C.CC(C)(CCN)C(=O)O.CCOC(=O)Cl.CCOC(=O)NCCC(C)(C)C(=O)SCCO.CCOC(=O)NCCC(C)(C)C(=O)SCCO[P+](=O)OC[C@H]1O[C@@H](N2C=CC(=O)CC2=O)[C@H](Cl)[C@@H]1O.CCOC(=O)NCCC(C)(C)C(=O)SCCO[P+](=O)[O-].COC(=O)NCCC(C)(C)C(=O)O.Cl.O=C1OP(Cl)Oc2ccccc21.O=c1ccn([C@@H]2O[C@H](CO)[C@@H](O)[C@H]2Cl)c(=O)[nH]1. The van der Waals surface area contributed by atoms with Crippen molar-refractivity contribution in [3.8, 4) is 5.75 Å². The Kier molecular flexibility index (Phi) is 78.7. The number of thioether (sulfide) groups is 3. The minimum Gasteiger partial charge on any atom is -0.566 e. The van der Waals surface area contributed by atoms with Gasteiger partial charge in [-0.2, -0.15) is 0 Å². The Morgan fingerprint density at radius 1 is 0.600 bits per heavy atom. The molecule has 0 spiro atoms. The number of amides is 5. The number of halogens is 5. The number of fused-ring (bicyclic) bond motifs is 1. The number of ketones is 1. The van der Waals surface area contributed by atoms with E-state index >= 15 is 0 Å². The van der Waals surface area contributed by atoms with Crippen LogP contribution in [0.4, 0.5) is 24.0 Å². The lowest BCUT2D eigenvalue weighted by molar-refractivity contribution is -0.185.